The first kappa shape index (κ1) is 12.9. The minimum absolute atomic E-state index is 0.0468. The van der Waals surface area contributed by atoms with Gasteiger partial charge in [0.15, 0.2) is 0 Å². The maximum Gasteiger partial charge on any atom is 0.0687 e. The standard InChI is InChI=1S/C15H27NO2/c16-11-14(6-3-4-13(14)17)10-12-5-9-15(18-12)7-1-2-8-15/h12-13,17H,1-11,16H2. The number of hydrogen-bond acceptors (Lipinski definition) is 3. The van der Waals surface area contributed by atoms with Gasteiger partial charge in [0.2, 0.25) is 0 Å². The van der Waals surface area contributed by atoms with E-state index in [1.807, 2.05) is 0 Å². The molecule has 2 aliphatic carbocycles. The molecule has 0 aromatic rings. The molecule has 3 nitrogen and oxygen atoms in total. The van der Waals surface area contributed by atoms with Gasteiger partial charge in [0.05, 0.1) is 17.8 Å². The summed E-state index contributed by atoms with van der Waals surface area (Å²) in [5.41, 5.74) is 6.13. The van der Waals surface area contributed by atoms with Gasteiger partial charge in [0.25, 0.3) is 0 Å². The summed E-state index contributed by atoms with van der Waals surface area (Å²) in [6.45, 7) is 0.612. The van der Waals surface area contributed by atoms with Crippen LogP contribution in [0.1, 0.15) is 64.2 Å². The molecule has 0 amide bonds. The third-order valence-electron chi connectivity index (χ3n) is 5.75. The predicted molar refractivity (Wildman–Crippen MR) is 71.3 cm³/mol. The highest BCUT2D eigenvalue weighted by Crippen LogP contribution is 2.48. The molecule has 0 bridgehead atoms. The van der Waals surface area contributed by atoms with Crippen LogP contribution < -0.4 is 5.73 Å². The van der Waals surface area contributed by atoms with Crippen LogP contribution in [-0.2, 0) is 4.74 Å². The molecule has 1 aliphatic heterocycles. The highest BCUT2D eigenvalue weighted by molar-refractivity contribution is 4.99. The molecule has 0 aromatic carbocycles. The highest BCUT2D eigenvalue weighted by atomic mass is 16.5. The quantitative estimate of drug-likeness (QED) is 0.812. The van der Waals surface area contributed by atoms with E-state index in [-0.39, 0.29) is 17.1 Å². The van der Waals surface area contributed by atoms with Crippen molar-refractivity contribution in [3.05, 3.63) is 0 Å². The Bertz CT molecular complexity index is 301. The van der Waals surface area contributed by atoms with Gasteiger partial charge < -0.3 is 15.6 Å². The van der Waals surface area contributed by atoms with Crippen LogP contribution in [0.15, 0.2) is 0 Å². The average Bonchev–Trinajstić information content (AvgIpc) is 3.06. The van der Waals surface area contributed by atoms with E-state index in [0.717, 1.165) is 25.7 Å². The predicted octanol–water partition coefficient (Wildman–Crippen LogP) is 2.36. The van der Waals surface area contributed by atoms with Crippen molar-refractivity contribution < 1.29 is 9.84 Å². The van der Waals surface area contributed by atoms with Crippen molar-refractivity contribution in [1.29, 1.82) is 0 Å². The van der Waals surface area contributed by atoms with Crippen LogP contribution in [0.5, 0.6) is 0 Å². The number of aliphatic hydroxyl groups excluding tert-OH is 1. The summed E-state index contributed by atoms with van der Waals surface area (Å²) in [6, 6.07) is 0. The van der Waals surface area contributed by atoms with Crippen LogP contribution in [0, 0.1) is 5.41 Å². The second-order valence-corrected chi connectivity index (χ2v) is 6.85. The zero-order valence-electron chi connectivity index (χ0n) is 11.4. The summed E-state index contributed by atoms with van der Waals surface area (Å²) >= 11 is 0. The van der Waals surface area contributed by atoms with E-state index >= 15 is 0 Å². The van der Waals surface area contributed by atoms with E-state index in [1.165, 1.54) is 38.5 Å². The summed E-state index contributed by atoms with van der Waals surface area (Å²) in [5.74, 6) is 0. The first-order valence-electron chi connectivity index (χ1n) is 7.74. The van der Waals surface area contributed by atoms with E-state index in [1.54, 1.807) is 0 Å². The monoisotopic (exact) mass is 253 g/mol. The second kappa shape index (κ2) is 4.77. The Morgan fingerprint density at radius 2 is 1.83 bits per heavy atom. The van der Waals surface area contributed by atoms with Gasteiger partial charge in [-0.15, -0.1) is 0 Å². The van der Waals surface area contributed by atoms with E-state index in [2.05, 4.69) is 0 Å². The lowest BCUT2D eigenvalue weighted by atomic mass is 9.78. The molecule has 3 fully saturated rings. The molecular formula is C15H27NO2. The molecule has 18 heavy (non-hydrogen) atoms. The van der Waals surface area contributed by atoms with Crippen LogP contribution >= 0.6 is 0 Å². The lowest BCUT2D eigenvalue weighted by Crippen LogP contribution is -2.41. The first-order chi connectivity index (χ1) is 8.68. The maximum atomic E-state index is 10.2. The SMILES string of the molecule is NCC1(CC2CCC3(CCCC3)O2)CCCC1O. The lowest BCUT2D eigenvalue weighted by molar-refractivity contribution is -0.0662. The van der Waals surface area contributed by atoms with Gasteiger partial charge in [-0.2, -0.15) is 0 Å². The zero-order valence-corrected chi connectivity index (χ0v) is 11.4. The number of ether oxygens (including phenoxy) is 1. The lowest BCUT2D eigenvalue weighted by Gasteiger charge is -2.34. The fourth-order valence-corrected chi connectivity index (χ4v) is 4.56. The van der Waals surface area contributed by atoms with E-state index < -0.39 is 0 Å². The molecule has 3 N–H and O–H groups in total. The Balaban J connectivity index is 1.63. The molecule has 1 spiro atoms. The Morgan fingerprint density at radius 1 is 1.06 bits per heavy atom. The minimum atomic E-state index is -0.203. The number of rotatable bonds is 3. The highest BCUT2D eigenvalue weighted by Gasteiger charge is 2.47. The van der Waals surface area contributed by atoms with Crippen molar-refractivity contribution in [3.63, 3.8) is 0 Å². The Kier molecular flexibility index (Phi) is 3.41. The van der Waals surface area contributed by atoms with Crippen LogP contribution in [0.4, 0.5) is 0 Å². The first-order valence-corrected chi connectivity index (χ1v) is 7.74. The molecule has 2 saturated carbocycles. The molecule has 1 heterocycles. The normalized spacial score (nSPS) is 43.0. The molecule has 3 unspecified atom stereocenters. The summed E-state index contributed by atoms with van der Waals surface area (Å²) in [4.78, 5) is 0. The van der Waals surface area contributed by atoms with Gasteiger partial charge in [-0.3, -0.25) is 0 Å². The molecule has 1 saturated heterocycles. The Labute approximate surface area is 110 Å². The van der Waals surface area contributed by atoms with Gasteiger partial charge >= 0.3 is 0 Å². The van der Waals surface area contributed by atoms with E-state index in [4.69, 9.17) is 10.5 Å². The molecular weight excluding hydrogens is 226 g/mol. The summed E-state index contributed by atoms with van der Waals surface area (Å²) in [7, 11) is 0. The molecule has 104 valence electrons. The third-order valence-corrected chi connectivity index (χ3v) is 5.75. The van der Waals surface area contributed by atoms with Gasteiger partial charge in [0, 0.05) is 12.0 Å². The van der Waals surface area contributed by atoms with Crippen LogP contribution in [-0.4, -0.2) is 29.5 Å². The van der Waals surface area contributed by atoms with Gasteiger partial charge in [-0.05, 0) is 44.9 Å². The van der Waals surface area contributed by atoms with E-state index in [9.17, 15) is 5.11 Å². The van der Waals surface area contributed by atoms with Crippen molar-refractivity contribution in [3.8, 4) is 0 Å². The van der Waals surface area contributed by atoms with Crippen LogP contribution in [0.3, 0.4) is 0 Å². The van der Waals surface area contributed by atoms with E-state index in [0.29, 0.717) is 12.6 Å². The fourth-order valence-electron chi connectivity index (χ4n) is 4.56. The van der Waals surface area contributed by atoms with Crippen molar-refractivity contribution in [1.82, 2.24) is 0 Å². The summed E-state index contributed by atoms with van der Waals surface area (Å²) < 4.78 is 6.38. The van der Waals surface area contributed by atoms with Crippen molar-refractivity contribution in [2.45, 2.75) is 82.0 Å². The zero-order chi connectivity index (χ0) is 12.6. The van der Waals surface area contributed by atoms with Gasteiger partial charge in [-0.1, -0.05) is 19.3 Å². The topological polar surface area (TPSA) is 55.5 Å². The van der Waals surface area contributed by atoms with Crippen LogP contribution in [0.25, 0.3) is 0 Å². The number of nitrogens with two attached hydrogens (primary N) is 1. The maximum absolute atomic E-state index is 10.2. The smallest absolute Gasteiger partial charge is 0.0687 e. The molecule has 3 aliphatic rings. The Hall–Kier alpha value is -0.120. The Morgan fingerprint density at radius 3 is 2.44 bits per heavy atom. The third kappa shape index (κ3) is 2.10. The summed E-state index contributed by atoms with van der Waals surface area (Å²) in [6.07, 6.45) is 11.8. The van der Waals surface area contributed by atoms with Crippen molar-refractivity contribution in [2.75, 3.05) is 6.54 Å². The molecule has 0 aromatic heterocycles. The number of aliphatic hydroxyl groups is 1. The summed E-state index contributed by atoms with van der Waals surface area (Å²) in [5, 5.41) is 10.2. The molecule has 3 heteroatoms. The van der Waals surface area contributed by atoms with Gasteiger partial charge in [0.1, 0.15) is 0 Å². The van der Waals surface area contributed by atoms with Crippen molar-refractivity contribution >= 4 is 0 Å². The second-order valence-electron chi connectivity index (χ2n) is 6.85. The molecule has 0 radical (unpaired) electrons. The fraction of sp³-hybridized carbons (Fsp3) is 1.00. The minimum Gasteiger partial charge on any atom is -0.392 e. The number of hydrogen-bond donors (Lipinski definition) is 2. The largest absolute Gasteiger partial charge is 0.392 e. The molecule has 3 atom stereocenters. The average molecular weight is 253 g/mol. The van der Waals surface area contributed by atoms with Crippen LogP contribution in [0.2, 0.25) is 0 Å². The van der Waals surface area contributed by atoms with Crippen molar-refractivity contribution in [2.24, 2.45) is 11.1 Å². The molecule has 3 rings (SSSR count). The van der Waals surface area contributed by atoms with Gasteiger partial charge in [-0.25, -0.2) is 0 Å².